The number of benzene rings is 2. The van der Waals surface area contributed by atoms with E-state index in [-0.39, 0.29) is 30.3 Å². The Morgan fingerprint density at radius 1 is 1.03 bits per heavy atom. The number of carboxylic acid groups (broad SMARTS) is 1. The molecule has 2 amide bonds. The van der Waals surface area contributed by atoms with Gasteiger partial charge in [-0.2, -0.15) is 0 Å². The molecular weight excluding hydrogens is 420 g/mol. The highest BCUT2D eigenvalue weighted by Crippen LogP contribution is 2.44. The van der Waals surface area contributed by atoms with E-state index in [1.54, 1.807) is 11.8 Å². The van der Waals surface area contributed by atoms with Gasteiger partial charge in [0.25, 0.3) is 0 Å². The summed E-state index contributed by atoms with van der Waals surface area (Å²) in [6, 6.07) is 16.4. The number of nitrogens with one attached hydrogen (secondary N) is 1. The van der Waals surface area contributed by atoms with Crippen LogP contribution in [0.2, 0.25) is 0 Å². The second-order valence-corrected chi connectivity index (χ2v) is 9.07. The third-order valence-corrected chi connectivity index (χ3v) is 6.93. The fraction of sp³-hybridized carbons (Fsp3) is 0.423. The van der Waals surface area contributed by atoms with Crippen LogP contribution in [0.1, 0.15) is 37.3 Å². The van der Waals surface area contributed by atoms with Crippen molar-refractivity contribution in [1.29, 1.82) is 0 Å². The van der Waals surface area contributed by atoms with Gasteiger partial charge in [-0.3, -0.25) is 9.59 Å². The maximum Gasteiger partial charge on any atom is 0.407 e. The number of alkyl carbamates (subject to hydrolysis) is 1. The number of carboxylic acids is 1. The number of likely N-dealkylation sites (tertiary alicyclic amines) is 1. The van der Waals surface area contributed by atoms with Crippen molar-refractivity contribution in [2.24, 2.45) is 17.8 Å². The molecule has 0 aromatic heterocycles. The molecule has 33 heavy (non-hydrogen) atoms. The lowest BCUT2D eigenvalue weighted by molar-refractivity contribution is -0.152. The summed E-state index contributed by atoms with van der Waals surface area (Å²) in [4.78, 5) is 37.5. The molecule has 0 radical (unpaired) electrons. The first-order valence-electron chi connectivity index (χ1n) is 11.5. The van der Waals surface area contributed by atoms with Gasteiger partial charge in [0.1, 0.15) is 6.61 Å². The van der Waals surface area contributed by atoms with Crippen molar-refractivity contribution in [2.45, 2.75) is 26.2 Å². The molecule has 1 saturated heterocycles. The second kappa shape index (κ2) is 9.65. The number of aliphatic carboxylic acids is 1. The predicted octanol–water partition coefficient (Wildman–Crippen LogP) is 3.73. The zero-order valence-electron chi connectivity index (χ0n) is 19.0. The highest BCUT2D eigenvalue weighted by atomic mass is 16.5. The molecule has 1 heterocycles. The molecule has 174 valence electrons. The van der Waals surface area contributed by atoms with Gasteiger partial charge in [-0.05, 0) is 28.7 Å². The van der Waals surface area contributed by atoms with Gasteiger partial charge in [0.15, 0.2) is 0 Å². The van der Waals surface area contributed by atoms with E-state index in [9.17, 15) is 14.4 Å². The number of amides is 2. The van der Waals surface area contributed by atoms with E-state index in [0.29, 0.717) is 26.1 Å². The molecular formula is C26H30N2O5. The number of ether oxygens (including phenoxy) is 1. The fourth-order valence-electron chi connectivity index (χ4n) is 4.69. The summed E-state index contributed by atoms with van der Waals surface area (Å²) in [7, 11) is 0. The minimum absolute atomic E-state index is 0.00169. The van der Waals surface area contributed by atoms with E-state index in [4.69, 9.17) is 9.84 Å². The number of rotatable bonds is 8. The van der Waals surface area contributed by atoms with Gasteiger partial charge in [0.2, 0.25) is 5.91 Å². The molecule has 1 fully saturated rings. The molecule has 7 heteroatoms. The summed E-state index contributed by atoms with van der Waals surface area (Å²) in [5.74, 6) is -1.50. The van der Waals surface area contributed by atoms with Crippen LogP contribution in [-0.4, -0.2) is 54.2 Å². The van der Waals surface area contributed by atoms with Gasteiger partial charge < -0.3 is 20.1 Å². The van der Waals surface area contributed by atoms with E-state index < -0.39 is 18.0 Å². The molecule has 0 bridgehead atoms. The monoisotopic (exact) mass is 450 g/mol. The van der Waals surface area contributed by atoms with E-state index in [1.165, 1.54) is 11.1 Å². The normalized spacial score (nSPS) is 16.8. The number of carbonyl (C=O) groups excluding carboxylic acids is 2. The first kappa shape index (κ1) is 22.8. The van der Waals surface area contributed by atoms with Gasteiger partial charge in [0.05, 0.1) is 5.92 Å². The number of fused-ring (bicyclic) bond motifs is 3. The molecule has 2 unspecified atom stereocenters. The second-order valence-electron chi connectivity index (χ2n) is 9.07. The molecule has 0 saturated carbocycles. The number of hydrogen-bond acceptors (Lipinski definition) is 4. The van der Waals surface area contributed by atoms with Crippen LogP contribution in [0.15, 0.2) is 48.5 Å². The molecule has 2 aromatic rings. The van der Waals surface area contributed by atoms with Crippen LogP contribution in [0.5, 0.6) is 0 Å². The van der Waals surface area contributed by atoms with Crippen LogP contribution < -0.4 is 5.32 Å². The first-order chi connectivity index (χ1) is 15.9. The standard InChI is InChI=1S/C26H30N2O5/c1-16(24(29)28-13-18(14-28)17(2)25(30)31)11-12-27-26(32)33-15-23-21-9-5-3-7-19(21)20-8-4-6-10-22(20)23/h3-10,16-18,23H,11-15H2,1-2H3,(H,27,32)(H,30,31). The summed E-state index contributed by atoms with van der Waals surface area (Å²) in [5, 5.41) is 11.8. The highest BCUT2D eigenvalue weighted by molar-refractivity contribution is 5.80. The fourth-order valence-corrected chi connectivity index (χ4v) is 4.69. The Bertz CT molecular complexity index is 1000. The molecule has 2 aromatic carbocycles. The maximum atomic E-state index is 12.5. The van der Waals surface area contributed by atoms with E-state index in [1.807, 2.05) is 31.2 Å². The lowest BCUT2D eigenvalue weighted by Gasteiger charge is -2.42. The summed E-state index contributed by atoms with van der Waals surface area (Å²) < 4.78 is 5.52. The van der Waals surface area contributed by atoms with Crippen LogP contribution >= 0.6 is 0 Å². The lowest BCUT2D eigenvalue weighted by atomic mass is 9.86. The van der Waals surface area contributed by atoms with Crippen molar-refractivity contribution in [3.63, 3.8) is 0 Å². The molecule has 1 aliphatic heterocycles. The Labute approximate surface area is 193 Å². The first-order valence-corrected chi connectivity index (χ1v) is 11.5. The predicted molar refractivity (Wildman–Crippen MR) is 124 cm³/mol. The molecule has 2 N–H and O–H groups in total. The molecule has 0 spiro atoms. The smallest absolute Gasteiger partial charge is 0.407 e. The molecule has 7 nitrogen and oxygen atoms in total. The van der Waals surface area contributed by atoms with Gasteiger partial charge in [0, 0.05) is 37.4 Å². The van der Waals surface area contributed by atoms with E-state index >= 15 is 0 Å². The Balaban J connectivity index is 1.21. The average molecular weight is 451 g/mol. The minimum atomic E-state index is -0.826. The Morgan fingerprint density at radius 2 is 1.61 bits per heavy atom. The summed E-state index contributed by atoms with van der Waals surface area (Å²) >= 11 is 0. The summed E-state index contributed by atoms with van der Waals surface area (Å²) in [6.45, 7) is 5.07. The van der Waals surface area contributed by atoms with Crippen molar-refractivity contribution >= 4 is 18.0 Å². The van der Waals surface area contributed by atoms with Gasteiger partial charge >= 0.3 is 12.1 Å². The van der Waals surface area contributed by atoms with Crippen LogP contribution in [0.25, 0.3) is 11.1 Å². The van der Waals surface area contributed by atoms with Crippen LogP contribution in [-0.2, 0) is 14.3 Å². The maximum absolute atomic E-state index is 12.5. The summed E-state index contributed by atoms with van der Waals surface area (Å²) in [6.07, 6.45) is 0.00870. The van der Waals surface area contributed by atoms with Crippen molar-refractivity contribution < 1.29 is 24.2 Å². The quantitative estimate of drug-likeness (QED) is 0.639. The number of carbonyl (C=O) groups is 3. The molecule has 1 aliphatic carbocycles. The molecule has 2 atom stereocenters. The Morgan fingerprint density at radius 3 is 2.18 bits per heavy atom. The Kier molecular flexibility index (Phi) is 6.67. The zero-order valence-corrected chi connectivity index (χ0v) is 19.0. The van der Waals surface area contributed by atoms with Gasteiger partial charge in [-0.15, -0.1) is 0 Å². The zero-order chi connectivity index (χ0) is 23.5. The van der Waals surface area contributed by atoms with Crippen LogP contribution in [0.3, 0.4) is 0 Å². The molecule has 4 rings (SSSR count). The topological polar surface area (TPSA) is 95.9 Å². The van der Waals surface area contributed by atoms with Crippen molar-refractivity contribution in [2.75, 3.05) is 26.2 Å². The van der Waals surface area contributed by atoms with Crippen LogP contribution in [0, 0.1) is 17.8 Å². The van der Waals surface area contributed by atoms with E-state index in [0.717, 1.165) is 11.1 Å². The largest absolute Gasteiger partial charge is 0.481 e. The lowest BCUT2D eigenvalue weighted by Crippen LogP contribution is -2.55. The Hall–Kier alpha value is -3.35. The van der Waals surface area contributed by atoms with Crippen molar-refractivity contribution in [3.05, 3.63) is 59.7 Å². The third kappa shape index (κ3) is 4.72. The van der Waals surface area contributed by atoms with Crippen molar-refractivity contribution in [3.8, 4) is 11.1 Å². The minimum Gasteiger partial charge on any atom is -0.481 e. The highest BCUT2D eigenvalue weighted by Gasteiger charge is 2.38. The van der Waals surface area contributed by atoms with Gasteiger partial charge in [-0.25, -0.2) is 4.79 Å². The molecule has 2 aliphatic rings. The number of hydrogen-bond donors (Lipinski definition) is 2. The third-order valence-electron chi connectivity index (χ3n) is 6.93. The average Bonchev–Trinajstić information content (AvgIpc) is 3.10. The SMILES string of the molecule is CC(CCNC(=O)OCC1c2ccccc2-c2ccccc21)C(=O)N1CC(C(C)C(=O)O)C1. The van der Waals surface area contributed by atoms with Crippen LogP contribution in [0.4, 0.5) is 4.79 Å². The van der Waals surface area contributed by atoms with Crippen molar-refractivity contribution in [1.82, 2.24) is 10.2 Å². The van der Waals surface area contributed by atoms with E-state index in [2.05, 4.69) is 29.6 Å². The number of nitrogens with zero attached hydrogens (tertiary/aromatic N) is 1. The summed E-state index contributed by atoms with van der Waals surface area (Å²) in [5.41, 5.74) is 4.69. The van der Waals surface area contributed by atoms with Gasteiger partial charge in [-0.1, -0.05) is 62.4 Å².